The first-order valence-corrected chi connectivity index (χ1v) is 9.15. The Labute approximate surface area is 143 Å². The first kappa shape index (κ1) is 15.6. The van der Waals surface area contributed by atoms with E-state index in [1.54, 1.807) is 0 Å². The summed E-state index contributed by atoms with van der Waals surface area (Å²) in [5, 5.41) is 22.3. The lowest BCUT2D eigenvalue weighted by Crippen LogP contribution is -2.40. The summed E-state index contributed by atoms with van der Waals surface area (Å²) in [7, 11) is 0. The molecule has 4 rings (SSSR count). The van der Waals surface area contributed by atoms with Gasteiger partial charge in [0.2, 0.25) is 5.91 Å². The predicted octanol–water partition coefficient (Wildman–Crippen LogP) is 2.32. The van der Waals surface area contributed by atoms with Gasteiger partial charge in [0.05, 0.1) is 29.6 Å². The van der Waals surface area contributed by atoms with E-state index in [1.165, 1.54) is 16.2 Å². The highest BCUT2D eigenvalue weighted by Gasteiger charge is 2.55. The van der Waals surface area contributed by atoms with Gasteiger partial charge in [-0.15, -0.1) is 11.3 Å². The largest absolute Gasteiger partial charge is 0.481 e. The van der Waals surface area contributed by atoms with Gasteiger partial charge in [0, 0.05) is 4.88 Å². The summed E-state index contributed by atoms with van der Waals surface area (Å²) >= 11 is 1.46. The van der Waals surface area contributed by atoms with Crippen LogP contribution < -0.4 is 5.32 Å². The molecule has 1 aromatic heterocycles. The van der Waals surface area contributed by atoms with Gasteiger partial charge in [0.25, 0.3) is 0 Å². The average Bonchev–Trinajstić information content (AvgIpc) is 3.26. The molecule has 24 heavy (non-hydrogen) atoms. The van der Waals surface area contributed by atoms with E-state index in [0.29, 0.717) is 17.0 Å². The van der Waals surface area contributed by atoms with Crippen molar-refractivity contribution in [3.8, 4) is 6.07 Å². The van der Waals surface area contributed by atoms with Crippen LogP contribution in [-0.4, -0.2) is 29.2 Å². The van der Waals surface area contributed by atoms with Gasteiger partial charge < -0.3 is 15.2 Å². The summed E-state index contributed by atoms with van der Waals surface area (Å²) in [5.74, 6) is -2.77. The van der Waals surface area contributed by atoms with E-state index < -0.39 is 17.8 Å². The van der Waals surface area contributed by atoms with Crippen molar-refractivity contribution in [1.82, 2.24) is 0 Å². The van der Waals surface area contributed by atoms with E-state index in [1.807, 2.05) is 0 Å². The summed E-state index contributed by atoms with van der Waals surface area (Å²) in [6.07, 6.45) is 4.71. The van der Waals surface area contributed by atoms with Gasteiger partial charge >= 0.3 is 5.97 Å². The highest BCUT2D eigenvalue weighted by atomic mass is 32.1. The highest BCUT2D eigenvalue weighted by molar-refractivity contribution is 7.16. The molecule has 2 bridgehead atoms. The van der Waals surface area contributed by atoms with Crippen LogP contribution in [0.25, 0.3) is 0 Å². The van der Waals surface area contributed by atoms with Crippen LogP contribution in [0.4, 0.5) is 5.00 Å². The number of nitrogens with zero attached hydrogens (tertiary/aromatic N) is 1. The van der Waals surface area contributed by atoms with Gasteiger partial charge in [-0.3, -0.25) is 9.59 Å². The fourth-order valence-corrected chi connectivity index (χ4v) is 5.53. The molecule has 0 radical (unpaired) electrons. The molecule has 0 spiro atoms. The Bertz CT molecular complexity index is 751. The Kier molecular flexibility index (Phi) is 3.82. The zero-order chi connectivity index (χ0) is 16.8. The molecule has 1 amide bonds. The number of ether oxygens (including phenoxy) is 1. The Hall–Kier alpha value is -1.91. The number of rotatable bonds is 3. The second-order valence-electron chi connectivity index (χ2n) is 6.70. The maximum absolute atomic E-state index is 12.7. The molecular weight excluding hydrogens is 328 g/mol. The molecule has 7 heteroatoms. The molecule has 1 aliphatic carbocycles. The number of fused-ring (bicyclic) bond motifs is 3. The number of carboxylic acid groups (broad SMARTS) is 1. The minimum absolute atomic E-state index is 0.323. The van der Waals surface area contributed by atoms with Gasteiger partial charge in [-0.2, -0.15) is 5.26 Å². The van der Waals surface area contributed by atoms with Crippen molar-refractivity contribution in [2.24, 2.45) is 11.8 Å². The monoisotopic (exact) mass is 346 g/mol. The zero-order valence-electron chi connectivity index (χ0n) is 13.1. The van der Waals surface area contributed by atoms with Crippen molar-refractivity contribution < 1.29 is 19.4 Å². The Balaban J connectivity index is 1.60. The van der Waals surface area contributed by atoms with Crippen molar-refractivity contribution in [3.63, 3.8) is 0 Å². The summed E-state index contributed by atoms with van der Waals surface area (Å²) < 4.78 is 5.65. The highest BCUT2D eigenvalue weighted by Crippen LogP contribution is 2.45. The number of hydrogen-bond donors (Lipinski definition) is 2. The van der Waals surface area contributed by atoms with Crippen LogP contribution >= 0.6 is 11.3 Å². The molecule has 6 nitrogen and oxygen atoms in total. The van der Waals surface area contributed by atoms with E-state index in [2.05, 4.69) is 11.4 Å². The second-order valence-corrected chi connectivity index (χ2v) is 7.80. The lowest BCUT2D eigenvalue weighted by atomic mass is 9.78. The summed E-state index contributed by atoms with van der Waals surface area (Å²) in [6.45, 7) is 0. The predicted molar refractivity (Wildman–Crippen MR) is 86.8 cm³/mol. The van der Waals surface area contributed by atoms with Crippen LogP contribution in [0.15, 0.2) is 0 Å². The lowest BCUT2D eigenvalue weighted by molar-refractivity contribution is -0.147. The molecule has 1 aromatic rings. The first-order valence-electron chi connectivity index (χ1n) is 8.34. The van der Waals surface area contributed by atoms with E-state index in [4.69, 9.17) is 4.74 Å². The number of aliphatic carboxylic acids is 1. The van der Waals surface area contributed by atoms with Crippen LogP contribution in [0.1, 0.15) is 41.7 Å². The molecule has 3 aliphatic rings. The standard InChI is InChI=1S/C17H18N2O4S/c18-7-9-8-3-1-2-4-12(8)24-16(9)19-15(20)13-10-5-6-11(23-10)14(13)17(21)22/h10-11,13-14H,1-6H2,(H,19,20)(H,21,22)/t10-,11-,13+,14-/m1/s1. The van der Waals surface area contributed by atoms with Crippen LogP contribution in [-0.2, 0) is 27.2 Å². The van der Waals surface area contributed by atoms with Crippen LogP contribution in [0.2, 0.25) is 0 Å². The topological polar surface area (TPSA) is 99.4 Å². The molecule has 2 saturated heterocycles. The Morgan fingerprint density at radius 2 is 1.92 bits per heavy atom. The molecular formula is C17H18N2O4S. The Morgan fingerprint density at radius 3 is 2.62 bits per heavy atom. The summed E-state index contributed by atoms with van der Waals surface area (Å²) in [6, 6.07) is 2.22. The number of hydrogen-bond acceptors (Lipinski definition) is 5. The molecule has 0 unspecified atom stereocenters. The number of thiophene rings is 1. The maximum atomic E-state index is 12.7. The summed E-state index contributed by atoms with van der Waals surface area (Å²) in [5.41, 5.74) is 1.61. The minimum Gasteiger partial charge on any atom is -0.481 e. The number of nitrogens with one attached hydrogen (secondary N) is 1. The van der Waals surface area contributed by atoms with Crippen molar-refractivity contribution in [2.75, 3.05) is 5.32 Å². The number of nitriles is 1. The fourth-order valence-electron chi connectivity index (χ4n) is 4.29. The molecule has 0 saturated carbocycles. The molecule has 3 heterocycles. The number of amides is 1. The van der Waals surface area contributed by atoms with Crippen LogP contribution in [0.5, 0.6) is 0 Å². The molecule has 2 fully saturated rings. The minimum atomic E-state index is -0.978. The van der Waals surface area contributed by atoms with Crippen molar-refractivity contribution in [2.45, 2.75) is 50.7 Å². The number of carboxylic acids is 1. The van der Waals surface area contributed by atoms with Gasteiger partial charge in [-0.25, -0.2) is 0 Å². The number of anilines is 1. The smallest absolute Gasteiger partial charge is 0.310 e. The third-order valence-electron chi connectivity index (χ3n) is 5.38. The first-order chi connectivity index (χ1) is 11.6. The summed E-state index contributed by atoms with van der Waals surface area (Å²) in [4.78, 5) is 25.4. The van der Waals surface area contributed by atoms with E-state index in [-0.39, 0.29) is 18.1 Å². The van der Waals surface area contributed by atoms with Gasteiger partial charge in [-0.05, 0) is 44.1 Å². The average molecular weight is 346 g/mol. The van der Waals surface area contributed by atoms with Crippen molar-refractivity contribution in [3.05, 3.63) is 16.0 Å². The van der Waals surface area contributed by atoms with Gasteiger partial charge in [0.1, 0.15) is 11.1 Å². The molecule has 126 valence electrons. The molecule has 2 N–H and O–H groups in total. The quantitative estimate of drug-likeness (QED) is 0.875. The SMILES string of the molecule is N#Cc1c(NC(=O)[C@@H]2[C@H](C(=O)O)[C@H]3CC[C@H]2O3)sc2c1CCCC2. The van der Waals surface area contributed by atoms with Crippen LogP contribution in [0, 0.1) is 23.2 Å². The van der Waals surface area contributed by atoms with Gasteiger partial charge in [-0.1, -0.05) is 0 Å². The molecule has 4 atom stereocenters. The normalized spacial score (nSPS) is 30.6. The van der Waals surface area contributed by atoms with Gasteiger partial charge in [0.15, 0.2) is 0 Å². The third kappa shape index (κ3) is 2.33. The van der Waals surface area contributed by atoms with E-state index >= 15 is 0 Å². The maximum Gasteiger partial charge on any atom is 0.310 e. The molecule has 0 aromatic carbocycles. The lowest BCUT2D eigenvalue weighted by Gasteiger charge is -2.23. The fraction of sp³-hybridized carbons (Fsp3) is 0.588. The molecule has 2 aliphatic heterocycles. The van der Waals surface area contributed by atoms with E-state index in [0.717, 1.165) is 37.7 Å². The third-order valence-corrected chi connectivity index (χ3v) is 6.59. The number of carbonyl (C=O) groups is 2. The second kappa shape index (κ2) is 5.87. The zero-order valence-corrected chi connectivity index (χ0v) is 13.9. The van der Waals surface area contributed by atoms with Crippen molar-refractivity contribution >= 4 is 28.2 Å². The Morgan fingerprint density at radius 1 is 1.21 bits per heavy atom. The number of carbonyl (C=O) groups excluding carboxylic acids is 1. The van der Waals surface area contributed by atoms with Crippen LogP contribution in [0.3, 0.4) is 0 Å². The van der Waals surface area contributed by atoms with E-state index in [9.17, 15) is 20.0 Å². The van der Waals surface area contributed by atoms with Crippen molar-refractivity contribution in [1.29, 1.82) is 5.26 Å². The number of aryl methyl sites for hydroxylation is 1.